The molecular formula is C20H28O2. The third-order valence-electron chi connectivity index (χ3n) is 7.42. The number of fused-ring (bicyclic) bond motifs is 4. The summed E-state index contributed by atoms with van der Waals surface area (Å²) in [6.07, 6.45) is 14.3. The zero-order chi connectivity index (χ0) is 14.8. The van der Waals surface area contributed by atoms with E-state index in [1.165, 1.54) is 44.9 Å². The molecule has 3 atom stereocenters. The normalized spacial score (nSPS) is 42.9. The number of ether oxygens (including phenoxy) is 2. The average Bonchev–Trinajstić information content (AvgIpc) is 3.13. The van der Waals surface area contributed by atoms with E-state index >= 15 is 0 Å². The molecule has 22 heavy (non-hydrogen) atoms. The van der Waals surface area contributed by atoms with Crippen molar-refractivity contribution in [2.24, 2.45) is 17.3 Å². The van der Waals surface area contributed by atoms with Gasteiger partial charge in [0.15, 0.2) is 5.79 Å². The molecule has 0 N–H and O–H groups in total. The van der Waals surface area contributed by atoms with Crippen molar-refractivity contribution >= 4 is 0 Å². The lowest BCUT2D eigenvalue weighted by Gasteiger charge is -2.47. The summed E-state index contributed by atoms with van der Waals surface area (Å²) in [6, 6.07) is 0. The molecule has 4 aliphatic carbocycles. The zero-order valence-electron chi connectivity index (χ0n) is 13.8. The fourth-order valence-corrected chi connectivity index (χ4v) is 6.29. The molecule has 0 amide bonds. The van der Waals surface area contributed by atoms with Crippen LogP contribution >= 0.6 is 0 Å². The Balaban J connectivity index is 1.48. The van der Waals surface area contributed by atoms with E-state index in [0.717, 1.165) is 37.9 Å². The van der Waals surface area contributed by atoms with Gasteiger partial charge in [0.05, 0.1) is 13.2 Å². The van der Waals surface area contributed by atoms with Crippen LogP contribution in [-0.4, -0.2) is 19.0 Å². The van der Waals surface area contributed by atoms with Crippen LogP contribution in [0.4, 0.5) is 0 Å². The first kappa shape index (κ1) is 13.8. The highest BCUT2D eigenvalue weighted by atomic mass is 16.7. The van der Waals surface area contributed by atoms with Crippen LogP contribution in [0.2, 0.25) is 0 Å². The van der Waals surface area contributed by atoms with Crippen LogP contribution in [0.3, 0.4) is 0 Å². The molecule has 1 saturated carbocycles. The fraction of sp³-hybridized carbons (Fsp3) is 0.800. The van der Waals surface area contributed by atoms with Crippen LogP contribution < -0.4 is 0 Å². The van der Waals surface area contributed by atoms with E-state index in [4.69, 9.17) is 9.47 Å². The molecule has 5 rings (SSSR count). The molecule has 2 unspecified atom stereocenters. The summed E-state index contributed by atoms with van der Waals surface area (Å²) >= 11 is 0. The topological polar surface area (TPSA) is 18.5 Å². The Hall–Kier alpha value is -0.600. The van der Waals surface area contributed by atoms with Gasteiger partial charge in [-0.3, -0.25) is 0 Å². The molecule has 0 aromatic rings. The van der Waals surface area contributed by atoms with E-state index in [1.807, 2.05) is 0 Å². The molecule has 0 aromatic heterocycles. The van der Waals surface area contributed by atoms with Gasteiger partial charge in [-0.25, -0.2) is 0 Å². The summed E-state index contributed by atoms with van der Waals surface area (Å²) in [7, 11) is 0. The van der Waals surface area contributed by atoms with Crippen LogP contribution in [0.5, 0.6) is 0 Å². The van der Waals surface area contributed by atoms with Gasteiger partial charge >= 0.3 is 0 Å². The minimum absolute atomic E-state index is 0.247. The molecular weight excluding hydrogens is 272 g/mol. The number of hydrogen-bond donors (Lipinski definition) is 0. The van der Waals surface area contributed by atoms with E-state index < -0.39 is 0 Å². The highest BCUT2D eigenvalue weighted by Crippen LogP contribution is 2.59. The second-order valence-electron chi connectivity index (χ2n) is 8.53. The summed E-state index contributed by atoms with van der Waals surface area (Å²) in [6.45, 7) is 4.13. The maximum atomic E-state index is 5.98. The Morgan fingerprint density at radius 1 is 1.09 bits per heavy atom. The van der Waals surface area contributed by atoms with E-state index in [0.29, 0.717) is 5.41 Å². The summed E-state index contributed by atoms with van der Waals surface area (Å²) < 4.78 is 12.0. The molecule has 0 aromatic carbocycles. The molecule has 0 bridgehead atoms. The minimum atomic E-state index is -0.247. The Bertz CT molecular complexity index is 552. The molecule has 2 heteroatoms. The third-order valence-corrected chi connectivity index (χ3v) is 7.42. The molecule has 1 spiro atoms. The van der Waals surface area contributed by atoms with Crippen molar-refractivity contribution < 1.29 is 9.47 Å². The van der Waals surface area contributed by atoms with Gasteiger partial charge in [-0.05, 0) is 66.9 Å². The zero-order valence-corrected chi connectivity index (χ0v) is 13.8. The molecule has 1 aliphatic heterocycles. The van der Waals surface area contributed by atoms with Crippen molar-refractivity contribution in [2.45, 2.75) is 70.5 Å². The molecule has 1 saturated heterocycles. The Morgan fingerprint density at radius 2 is 1.95 bits per heavy atom. The van der Waals surface area contributed by atoms with Crippen molar-refractivity contribution in [1.29, 1.82) is 0 Å². The smallest absolute Gasteiger partial charge is 0.172 e. The van der Waals surface area contributed by atoms with Gasteiger partial charge in [0.1, 0.15) is 0 Å². The highest BCUT2D eigenvalue weighted by Gasteiger charge is 2.49. The number of rotatable bonds is 0. The van der Waals surface area contributed by atoms with Crippen LogP contribution in [0, 0.1) is 17.3 Å². The predicted molar refractivity (Wildman–Crippen MR) is 86.4 cm³/mol. The molecule has 0 radical (unpaired) electrons. The van der Waals surface area contributed by atoms with Crippen LogP contribution in [0.15, 0.2) is 22.8 Å². The maximum absolute atomic E-state index is 5.98. The van der Waals surface area contributed by atoms with Crippen LogP contribution in [0.25, 0.3) is 0 Å². The highest BCUT2D eigenvalue weighted by molar-refractivity contribution is 5.44. The number of allylic oxidation sites excluding steroid dienone is 3. The lowest BCUT2D eigenvalue weighted by Crippen LogP contribution is -2.39. The monoisotopic (exact) mass is 300 g/mol. The van der Waals surface area contributed by atoms with E-state index in [2.05, 4.69) is 13.0 Å². The molecule has 2 nitrogen and oxygen atoms in total. The maximum Gasteiger partial charge on any atom is 0.172 e. The van der Waals surface area contributed by atoms with Crippen LogP contribution in [0.1, 0.15) is 64.7 Å². The van der Waals surface area contributed by atoms with Crippen molar-refractivity contribution in [3.63, 3.8) is 0 Å². The first-order valence-corrected chi connectivity index (χ1v) is 9.38. The van der Waals surface area contributed by atoms with Gasteiger partial charge in [-0.2, -0.15) is 0 Å². The largest absolute Gasteiger partial charge is 0.347 e. The molecule has 120 valence electrons. The van der Waals surface area contributed by atoms with Crippen molar-refractivity contribution in [2.75, 3.05) is 13.2 Å². The van der Waals surface area contributed by atoms with E-state index in [-0.39, 0.29) is 5.79 Å². The minimum Gasteiger partial charge on any atom is -0.347 e. The van der Waals surface area contributed by atoms with Crippen molar-refractivity contribution in [3.8, 4) is 0 Å². The second kappa shape index (κ2) is 4.70. The SMILES string of the molecule is C[C@]12CC=C3C4=C(CCC3C1CCC2)CC1(CC4)OCCO1. The van der Waals surface area contributed by atoms with Gasteiger partial charge in [0, 0.05) is 12.8 Å². The molecule has 1 heterocycles. The molecule has 2 fully saturated rings. The van der Waals surface area contributed by atoms with Gasteiger partial charge in [-0.15, -0.1) is 0 Å². The summed E-state index contributed by atoms with van der Waals surface area (Å²) in [5, 5.41) is 0. The predicted octanol–water partition coefficient (Wildman–Crippen LogP) is 4.76. The second-order valence-corrected chi connectivity index (χ2v) is 8.53. The quantitative estimate of drug-likeness (QED) is 0.642. The molecule has 5 aliphatic rings. The van der Waals surface area contributed by atoms with Crippen molar-refractivity contribution in [3.05, 3.63) is 22.8 Å². The summed E-state index contributed by atoms with van der Waals surface area (Å²) in [5.74, 6) is 1.57. The third kappa shape index (κ3) is 1.86. The summed E-state index contributed by atoms with van der Waals surface area (Å²) in [5.41, 5.74) is 5.74. The van der Waals surface area contributed by atoms with Gasteiger partial charge in [0.2, 0.25) is 0 Å². The first-order chi connectivity index (χ1) is 10.7. The Labute approximate surface area is 133 Å². The number of hydrogen-bond acceptors (Lipinski definition) is 2. The van der Waals surface area contributed by atoms with E-state index in [9.17, 15) is 0 Å². The van der Waals surface area contributed by atoms with Gasteiger partial charge < -0.3 is 9.47 Å². The van der Waals surface area contributed by atoms with E-state index in [1.54, 1.807) is 16.7 Å². The first-order valence-electron chi connectivity index (χ1n) is 9.38. The lowest BCUT2D eigenvalue weighted by molar-refractivity contribution is -0.164. The van der Waals surface area contributed by atoms with Crippen molar-refractivity contribution in [1.82, 2.24) is 0 Å². The van der Waals surface area contributed by atoms with Gasteiger partial charge in [-0.1, -0.05) is 25.0 Å². The summed E-state index contributed by atoms with van der Waals surface area (Å²) in [4.78, 5) is 0. The Kier molecular flexibility index (Phi) is 2.95. The fourth-order valence-electron chi connectivity index (χ4n) is 6.29. The van der Waals surface area contributed by atoms with Gasteiger partial charge in [0.25, 0.3) is 0 Å². The Morgan fingerprint density at radius 3 is 2.82 bits per heavy atom. The van der Waals surface area contributed by atoms with Crippen LogP contribution in [-0.2, 0) is 9.47 Å². The lowest BCUT2D eigenvalue weighted by atomic mass is 9.59. The average molecular weight is 300 g/mol. The standard InChI is InChI=1S/C20H28O2/c1-19-8-2-3-18(19)17-5-4-14-13-20(21-11-12-22-20)10-7-15(14)16(17)6-9-19/h6,17-18H,2-5,7-13H2,1H3/t17?,18?,19-/m0/s1.